The number of allylic oxidation sites excluding steroid dienone is 1. The van der Waals surface area contributed by atoms with Gasteiger partial charge in [-0.1, -0.05) is 33.1 Å². The summed E-state index contributed by atoms with van der Waals surface area (Å²) in [7, 11) is 0. The van der Waals surface area contributed by atoms with Gasteiger partial charge in [-0.15, -0.1) is 0 Å². The van der Waals surface area contributed by atoms with E-state index in [9.17, 15) is 24.3 Å². The molecule has 1 saturated heterocycles. The number of rotatable bonds is 6. The van der Waals surface area contributed by atoms with Crippen molar-refractivity contribution in [2.45, 2.75) is 58.0 Å². The zero-order valence-corrected chi connectivity index (χ0v) is 19.1. The highest BCUT2D eigenvalue weighted by Gasteiger charge is 2.60. The van der Waals surface area contributed by atoms with Gasteiger partial charge < -0.3 is 24.1 Å². The van der Waals surface area contributed by atoms with E-state index in [4.69, 9.17) is 18.9 Å². The Morgan fingerprint density at radius 2 is 1.94 bits per heavy atom. The summed E-state index contributed by atoms with van der Waals surface area (Å²) in [5.41, 5.74) is -1.58. The van der Waals surface area contributed by atoms with Gasteiger partial charge in [0.1, 0.15) is 5.76 Å². The number of aliphatic hydroxyl groups excluding tert-OH is 1. The molecule has 5 unspecified atom stereocenters. The lowest BCUT2D eigenvalue weighted by Gasteiger charge is -2.38. The second-order valence-corrected chi connectivity index (χ2v) is 8.99. The van der Waals surface area contributed by atoms with E-state index in [-0.39, 0.29) is 35.0 Å². The SMILES string of the molecule is C=C(C)C(=O)OC1C2OC(=C)C(=O)C2C=C(CO)C2=CC(=O)C(C)(O2)C1OC(=O)CC(C)C. The minimum atomic E-state index is -1.80. The summed E-state index contributed by atoms with van der Waals surface area (Å²) < 4.78 is 22.9. The number of hydrogen-bond donors (Lipinski definition) is 1. The summed E-state index contributed by atoms with van der Waals surface area (Å²) in [6, 6.07) is 0. The van der Waals surface area contributed by atoms with Crippen molar-refractivity contribution in [2.75, 3.05) is 6.61 Å². The molecule has 3 aliphatic heterocycles. The third-order valence-electron chi connectivity index (χ3n) is 5.74. The molecule has 9 heteroatoms. The van der Waals surface area contributed by atoms with Crippen LogP contribution >= 0.6 is 0 Å². The van der Waals surface area contributed by atoms with Crippen LogP contribution < -0.4 is 0 Å². The minimum Gasteiger partial charge on any atom is -0.482 e. The molecule has 9 nitrogen and oxygen atoms in total. The smallest absolute Gasteiger partial charge is 0.333 e. The van der Waals surface area contributed by atoms with Crippen molar-refractivity contribution >= 4 is 23.5 Å². The zero-order valence-electron chi connectivity index (χ0n) is 19.1. The molecule has 5 atom stereocenters. The molecule has 33 heavy (non-hydrogen) atoms. The monoisotopic (exact) mass is 460 g/mol. The molecule has 0 aromatic carbocycles. The van der Waals surface area contributed by atoms with Crippen molar-refractivity contribution in [1.29, 1.82) is 0 Å². The van der Waals surface area contributed by atoms with E-state index in [0.717, 1.165) is 0 Å². The van der Waals surface area contributed by atoms with E-state index < -0.39 is 59.9 Å². The Morgan fingerprint density at radius 3 is 2.52 bits per heavy atom. The second kappa shape index (κ2) is 8.97. The number of fused-ring (bicyclic) bond motifs is 3. The van der Waals surface area contributed by atoms with Crippen molar-refractivity contribution in [3.8, 4) is 0 Å². The van der Waals surface area contributed by atoms with Gasteiger partial charge in [0.05, 0.1) is 12.5 Å². The van der Waals surface area contributed by atoms with Gasteiger partial charge in [-0.05, 0) is 19.8 Å². The third-order valence-corrected chi connectivity index (χ3v) is 5.74. The molecule has 0 spiro atoms. The summed E-state index contributed by atoms with van der Waals surface area (Å²) in [6.07, 6.45) is -1.47. The van der Waals surface area contributed by atoms with Crippen molar-refractivity contribution < 1.29 is 43.2 Å². The lowest BCUT2D eigenvalue weighted by Crippen LogP contribution is -2.59. The van der Waals surface area contributed by atoms with Gasteiger partial charge in [0.2, 0.25) is 17.2 Å². The maximum atomic E-state index is 13.1. The summed E-state index contributed by atoms with van der Waals surface area (Å²) in [5, 5.41) is 9.90. The molecule has 2 bridgehead atoms. The number of aliphatic hydroxyl groups is 1. The Hall–Kier alpha value is -3.20. The van der Waals surface area contributed by atoms with E-state index in [1.54, 1.807) is 0 Å². The van der Waals surface area contributed by atoms with Crippen LogP contribution in [0.5, 0.6) is 0 Å². The van der Waals surface area contributed by atoms with Gasteiger partial charge in [0.25, 0.3) is 0 Å². The van der Waals surface area contributed by atoms with E-state index in [0.29, 0.717) is 0 Å². The Balaban J connectivity index is 2.19. The number of ether oxygens (including phenoxy) is 4. The van der Waals surface area contributed by atoms with Crippen molar-refractivity contribution in [3.63, 3.8) is 0 Å². The lowest BCUT2D eigenvalue weighted by molar-refractivity contribution is -0.200. The molecule has 0 saturated carbocycles. The predicted molar refractivity (Wildman–Crippen MR) is 114 cm³/mol. The van der Waals surface area contributed by atoms with Crippen LogP contribution in [0.2, 0.25) is 0 Å². The minimum absolute atomic E-state index is 0.0307. The van der Waals surface area contributed by atoms with Gasteiger partial charge in [-0.3, -0.25) is 14.4 Å². The number of esters is 2. The molecule has 0 aromatic rings. The summed E-state index contributed by atoms with van der Waals surface area (Å²) >= 11 is 0. The molecule has 178 valence electrons. The van der Waals surface area contributed by atoms with Gasteiger partial charge in [0, 0.05) is 23.6 Å². The van der Waals surface area contributed by atoms with Crippen LogP contribution in [0.4, 0.5) is 0 Å². The number of hydrogen-bond acceptors (Lipinski definition) is 9. The third kappa shape index (κ3) is 4.50. The first-order valence-corrected chi connectivity index (χ1v) is 10.6. The number of carbonyl (C=O) groups excluding carboxylic acids is 4. The molecule has 1 N–H and O–H groups in total. The van der Waals surface area contributed by atoms with Crippen LogP contribution in [0.3, 0.4) is 0 Å². The first-order valence-electron chi connectivity index (χ1n) is 10.6. The number of carbonyl (C=O) groups is 4. The Bertz CT molecular complexity index is 986. The molecule has 3 aliphatic rings. The quantitative estimate of drug-likeness (QED) is 0.466. The Labute approximate surface area is 191 Å². The molecule has 3 heterocycles. The Morgan fingerprint density at radius 1 is 1.27 bits per heavy atom. The van der Waals surface area contributed by atoms with Crippen LogP contribution in [0, 0.1) is 11.8 Å². The summed E-state index contributed by atoms with van der Waals surface area (Å²) in [5.74, 6) is -3.76. The van der Waals surface area contributed by atoms with Crippen LogP contribution in [-0.2, 0) is 38.1 Å². The zero-order chi connectivity index (χ0) is 24.7. The number of ketones is 2. The first kappa shape index (κ1) is 24.4. The second-order valence-electron chi connectivity index (χ2n) is 8.99. The Kier molecular flexibility index (Phi) is 6.65. The first-order chi connectivity index (χ1) is 15.4. The summed E-state index contributed by atoms with van der Waals surface area (Å²) in [4.78, 5) is 51.1. The molecule has 0 aliphatic carbocycles. The van der Waals surface area contributed by atoms with Crippen molar-refractivity contribution in [2.24, 2.45) is 11.8 Å². The highest BCUT2D eigenvalue weighted by Crippen LogP contribution is 2.42. The van der Waals surface area contributed by atoms with E-state index >= 15 is 0 Å². The normalized spacial score (nSPS) is 30.8. The fraction of sp³-hybridized carbons (Fsp3) is 0.500. The molecule has 3 rings (SSSR count). The topological polar surface area (TPSA) is 125 Å². The van der Waals surface area contributed by atoms with Gasteiger partial charge in [0.15, 0.2) is 24.1 Å². The molecule has 0 aromatic heterocycles. The lowest BCUT2D eigenvalue weighted by atomic mass is 9.83. The van der Waals surface area contributed by atoms with E-state index in [1.807, 2.05) is 13.8 Å². The fourth-order valence-electron chi connectivity index (χ4n) is 3.97. The molecular formula is C24H28O9. The standard InChI is InChI=1S/C24H28O9/c1-11(2)7-18(27)31-22-21(32-23(29)12(3)4)20-15(19(28)13(5)30-20)8-14(10-25)16-9-17(26)24(22,6)33-16/h8-9,11,15,20-22,25H,3,5,7,10H2,1-2,4,6H3. The van der Waals surface area contributed by atoms with Gasteiger partial charge in [-0.2, -0.15) is 0 Å². The van der Waals surface area contributed by atoms with E-state index in [2.05, 4.69) is 13.2 Å². The molecule has 1 fully saturated rings. The fourth-order valence-corrected chi connectivity index (χ4v) is 3.97. The summed E-state index contributed by atoms with van der Waals surface area (Å²) in [6.45, 7) is 13.1. The average molecular weight is 460 g/mol. The maximum absolute atomic E-state index is 13.1. The predicted octanol–water partition coefficient (Wildman–Crippen LogP) is 1.70. The molecular weight excluding hydrogens is 432 g/mol. The van der Waals surface area contributed by atoms with Gasteiger partial charge >= 0.3 is 11.9 Å². The highest BCUT2D eigenvalue weighted by molar-refractivity contribution is 6.02. The van der Waals surface area contributed by atoms with Crippen LogP contribution in [0.15, 0.2) is 48.0 Å². The van der Waals surface area contributed by atoms with Crippen LogP contribution in [0.25, 0.3) is 0 Å². The van der Waals surface area contributed by atoms with Crippen LogP contribution in [0.1, 0.15) is 34.1 Å². The van der Waals surface area contributed by atoms with Gasteiger partial charge in [-0.25, -0.2) is 4.79 Å². The van der Waals surface area contributed by atoms with Crippen molar-refractivity contribution in [3.05, 3.63) is 48.0 Å². The highest BCUT2D eigenvalue weighted by atomic mass is 16.6. The maximum Gasteiger partial charge on any atom is 0.333 e. The average Bonchev–Trinajstić information content (AvgIpc) is 3.18. The van der Waals surface area contributed by atoms with Crippen LogP contribution in [-0.4, -0.2) is 59.1 Å². The molecule has 0 radical (unpaired) electrons. The van der Waals surface area contributed by atoms with Crippen molar-refractivity contribution in [1.82, 2.24) is 0 Å². The number of Topliss-reactive ketones (excluding diaryl/α,β-unsaturated/α-hetero) is 1. The van der Waals surface area contributed by atoms with E-state index in [1.165, 1.54) is 26.0 Å². The molecule has 0 amide bonds. The largest absolute Gasteiger partial charge is 0.482 e.